The smallest absolute Gasteiger partial charge is 0.260 e. The summed E-state index contributed by atoms with van der Waals surface area (Å²) in [6.07, 6.45) is 11.3. The van der Waals surface area contributed by atoms with Gasteiger partial charge in [0.25, 0.3) is 5.91 Å². The van der Waals surface area contributed by atoms with E-state index in [0.29, 0.717) is 5.92 Å². The molecule has 0 aromatic heterocycles. The molecule has 4 aliphatic rings. The molecule has 1 spiro atoms. The normalized spacial score (nSPS) is 30.4. The van der Waals surface area contributed by atoms with Gasteiger partial charge in [-0.25, -0.2) is 12.7 Å². The Morgan fingerprint density at radius 1 is 1.11 bits per heavy atom. The van der Waals surface area contributed by atoms with E-state index in [4.69, 9.17) is 4.74 Å². The lowest BCUT2D eigenvalue weighted by atomic mass is 9.69. The molecule has 2 heterocycles. The summed E-state index contributed by atoms with van der Waals surface area (Å²) in [5, 5.41) is 0. The van der Waals surface area contributed by atoms with Crippen molar-refractivity contribution < 1.29 is 17.9 Å². The van der Waals surface area contributed by atoms with Crippen molar-refractivity contribution in [1.29, 1.82) is 0 Å². The Kier molecular flexibility index (Phi) is 6.02. The van der Waals surface area contributed by atoms with Gasteiger partial charge in [0.2, 0.25) is 10.0 Å². The Hall–Kier alpha value is -2.60. The molecule has 1 amide bonds. The number of fused-ring (bicyclic) bond motifs is 2. The molecule has 0 N–H and O–H groups in total. The molecule has 6 rings (SSSR count). The second kappa shape index (κ2) is 9.00. The molecular formula is C31H37NO4S. The Balaban J connectivity index is 1.11. The molecule has 0 radical (unpaired) electrons. The van der Waals surface area contributed by atoms with Crippen LogP contribution in [-0.2, 0) is 27.7 Å². The van der Waals surface area contributed by atoms with E-state index in [1.165, 1.54) is 15.9 Å². The summed E-state index contributed by atoms with van der Waals surface area (Å²) in [7, 11) is -3.61. The molecular weight excluding hydrogens is 482 g/mol. The number of sulfonamides is 1. The van der Waals surface area contributed by atoms with E-state index in [1.807, 2.05) is 24.3 Å². The number of aryl methyl sites for hydroxylation is 1. The van der Waals surface area contributed by atoms with Crippen LogP contribution in [0.2, 0.25) is 0 Å². The number of benzene rings is 2. The van der Waals surface area contributed by atoms with E-state index < -0.39 is 15.9 Å². The van der Waals surface area contributed by atoms with Gasteiger partial charge in [-0.3, -0.25) is 4.79 Å². The quantitative estimate of drug-likeness (QED) is 0.343. The van der Waals surface area contributed by atoms with Crippen molar-refractivity contribution in [2.45, 2.75) is 77.4 Å². The Morgan fingerprint density at radius 2 is 1.92 bits per heavy atom. The minimum atomic E-state index is -3.61. The third-order valence-electron chi connectivity index (χ3n) is 10.0. The summed E-state index contributed by atoms with van der Waals surface area (Å²) >= 11 is 0. The number of hydrogen-bond acceptors (Lipinski definition) is 4. The molecule has 5 nitrogen and oxygen atoms in total. The molecule has 2 aromatic rings. The Morgan fingerprint density at radius 3 is 2.70 bits per heavy atom. The van der Waals surface area contributed by atoms with Crippen molar-refractivity contribution >= 4 is 22.0 Å². The summed E-state index contributed by atoms with van der Waals surface area (Å²) in [6.45, 7) is 4.41. The van der Waals surface area contributed by atoms with Gasteiger partial charge in [-0.1, -0.05) is 56.3 Å². The van der Waals surface area contributed by atoms with Crippen LogP contribution in [0, 0.1) is 16.7 Å². The van der Waals surface area contributed by atoms with Crippen LogP contribution in [0.25, 0.3) is 6.08 Å². The molecule has 2 saturated carbocycles. The summed E-state index contributed by atoms with van der Waals surface area (Å²) in [6, 6.07) is 16.3. The first-order chi connectivity index (χ1) is 17.7. The maximum atomic E-state index is 13.3. The fourth-order valence-electron chi connectivity index (χ4n) is 7.84. The molecule has 1 saturated heterocycles. The van der Waals surface area contributed by atoms with Crippen molar-refractivity contribution in [2.75, 3.05) is 5.75 Å². The standard InChI is InChI=1S/C31H37NO4S/c1-30(2)24-17-18-31(30)21-37(34,35)32(28(31)19-24)29(33)16-15-23-12-8-14-27-26(23)20-25(36-27)13-7-6-11-22-9-4-3-5-10-22/h3-5,8-10,12,14-16,24-25,28H,6-7,11,13,17-21H2,1-2H3/t24?,25-,28?,31?/m1/s1. The number of rotatable bonds is 7. The molecule has 3 fully saturated rings. The third-order valence-corrected chi connectivity index (χ3v) is 11.9. The molecule has 37 heavy (non-hydrogen) atoms. The predicted octanol–water partition coefficient (Wildman–Crippen LogP) is 5.78. The maximum Gasteiger partial charge on any atom is 0.260 e. The molecule has 6 heteroatoms. The van der Waals surface area contributed by atoms with Crippen LogP contribution in [0.4, 0.5) is 0 Å². The lowest BCUT2D eigenvalue weighted by Gasteiger charge is -2.36. The molecule has 196 valence electrons. The van der Waals surface area contributed by atoms with E-state index in [-0.39, 0.29) is 28.7 Å². The monoisotopic (exact) mass is 519 g/mol. The van der Waals surface area contributed by atoms with E-state index >= 15 is 0 Å². The predicted molar refractivity (Wildman–Crippen MR) is 146 cm³/mol. The van der Waals surface area contributed by atoms with Crippen molar-refractivity contribution in [3.8, 4) is 5.75 Å². The summed E-state index contributed by atoms with van der Waals surface area (Å²) in [4.78, 5) is 13.3. The van der Waals surface area contributed by atoms with E-state index in [2.05, 4.69) is 38.1 Å². The summed E-state index contributed by atoms with van der Waals surface area (Å²) in [5.74, 6) is 1.07. The van der Waals surface area contributed by atoms with Crippen LogP contribution in [0.1, 0.15) is 69.1 Å². The number of ether oxygens (including phenoxy) is 1. The average molecular weight is 520 g/mol. The highest BCUT2D eigenvalue weighted by Gasteiger charge is 2.72. The molecule has 3 unspecified atom stereocenters. The van der Waals surface area contributed by atoms with Gasteiger partial charge in [0, 0.05) is 23.5 Å². The molecule has 2 aliphatic carbocycles. The highest BCUT2D eigenvalue weighted by atomic mass is 32.2. The van der Waals surface area contributed by atoms with Gasteiger partial charge in [-0.2, -0.15) is 0 Å². The molecule has 4 atom stereocenters. The number of amides is 1. The second-order valence-electron chi connectivity index (χ2n) is 12.1. The highest BCUT2D eigenvalue weighted by molar-refractivity contribution is 7.90. The van der Waals surface area contributed by atoms with Crippen LogP contribution < -0.4 is 4.74 Å². The topological polar surface area (TPSA) is 63.7 Å². The van der Waals surface area contributed by atoms with Gasteiger partial charge in [-0.05, 0) is 79.5 Å². The molecule has 2 aliphatic heterocycles. The Labute approximate surface area is 221 Å². The van der Waals surface area contributed by atoms with E-state index in [1.54, 1.807) is 6.08 Å². The van der Waals surface area contributed by atoms with Crippen molar-refractivity contribution in [1.82, 2.24) is 4.31 Å². The van der Waals surface area contributed by atoms with Crippen molar-refractivity contribution in [3.63, 3.8) is 0 Å². The zero-order valence-corrected chi connectivity index (χ0v) is 22.7. The first kappa shape index (κ1) is 24.7. The lowest BCUT2D eigenvalue weighted by Crippen LogP contribution is -2.43. The van der Waals surface area contributed by atoms with Crippen LogP contribution in [0.3, 0.4) is 0 Å². The van der Waals surface area contributed by atoms with Gasteiger partial charge < -0.3 is 4.74 Å². The van der Waals surface area contributed by atoms with Gasteiger partial charge in [0.1, 0.15) is 11.9 Å². The Bertz CT molecular complexity index is 1330. The van der Waals surface area contributed by atoms with Gasteiger partial charge in [0.05, 0.1) is 11.8 Å². The first-order valence-corrected chi connectivity index (χ1v) is 15.4. The largest absolute Gasteiger partial charge is 0.490 e. The number of carbonyl (C=O) groups is 1. The molecule has 2 aromatic carbocycles. The number of hydrogen-bond donors (Lipinski definition) is 0. The zero-order chi connectivity index (χ0) is 25.8. The SMILES string of the molecule is CC1(C)C2CCC13CS(=O)(=O)N(C(=O)C=Cc1cccc4c1C[C@@H](CCCCc1ccccc1)O4)C3C2. The fraction of sp³-hybridized carbons (Fsp3) is 0.516. The maximum absolute atomic E-state index is 13.3. The lowest BCUT2D eigenvalue weighted by molar-refractivity contribution is -0.123. The van der Waals surface area contributed by atoms with Crippen LogP contribution in [0.5, 0.6) is 5.75 Å². The van der Waals surface area contributed by atoms with Crippen LogP contribution in [0.15, 0.2) is 54.6 Å². The molecule has 2 bridgehead atoms. The van der Waals surface area contributed by atoms with Crippen molar-refractivity contribution in [2.24, 2.45) is 16.7 Å². The number of unbranched alkanes of at least 4 members (excludes halogenated alkanes) is 1. The van der Waals surface area contributed by atoms with Gasteiger partial charge in [-0.15, -0.1) is 0 Å². The minimum absolute atomic E-state index is 0.0445. The summed E-state index contributed by atoms with van der Waals surface area (Å²) < 4.78 is 33.9. The van der Waals surface area contributed by atoms with Crippen molar-refractivity contribution in [3.05, 3.63) is 71.3 Å². The zero-order valence-electron chi connectivity index (χ0n) is 21.9. The third kappa shape index (κ3) is 4.03. The number of nitrogens with zero attached hydrogens (tertiary/aromatic N) is 1. The number of carbonyl (C=O) groups excluding carboxylic acids is 1. The fourth-order valence-corrected chi connectivity index (χ4v) is 10.3. The minimum Gasteiger partial charge on any atom is -0.490 e. The van der Waals surface area contributed by atoms with Crippen LogP contribution in [-0.4, -0.2) is 36.5 Å². The first-order valence-electron chi connectivity index (χ1n) is 13.8. The van der Waals surface area contributed by atoms with E-state index in [0.717, 1.165) is 68.2 Å². The van der Waals surface area contributed by atoms with Gasteiger partial charge in [0.15, 0.2) is 0 Å². The summed E-state index contributed by atoms with van der Waals surface area (Å²) in [5.41, 5.74) is 3.08. The van der Waals surface area contributed by atoms with E-state index in [9.17, 15) is 13.2 Å². The average Bonchev–Trinajstić information content (AvgIpc) is 3.53. The van der Waals surface area contributed by atoms with Crippen LogP contribution >= 0.6 is 0 Å². The highest BCUT2D eigenvalue weighted by Crippen LogP contribution is 2.70. The second-order valence-corrected chi connectivity index (χ2v) is 13.9. The van der Waals surface area contributed by atoms with Gasteiger partial charge >= 0.3 is 0 Å².